The summed E-state index contributed by atoms with van der Waals surface area (Å²) in [6, 6.07) is 6.89. The van der Waals surface area contributed by atoms with Gasteiger partial charge < -0.3 is 5.32 Å². The lowest BCUT2D eigenvalue weighted by Crippen LogP contribution is -2.18. The van der Waals surface area contributed by atoms with Gasteiger partial charge in [0.2, 0.25) is 0 Å². The maximum absolute atomic E-state index is 6.45. The third-order valence-corrected chi connectivity index (χ3v) is 5.75. The molecule has 1 aliphatic rings. The van der Waals surface area contributed by atoms with E-state index >= 15 is 0 Å². The summed E-state index contributed by atoms with van der Waals surface area (Å²) in [6.45, 7) is 7.63. The van der Waals surface area contributed by atoms with Gasteiger partial charge in [0.25, 0.3) is 0 Å². The van der Waals surface area contributed by atoms with E-state index in [0.29, 0.717) is 6.04 Å². The number of thioether (sulfide) groups is 1. The summed E-state index contributed by atoms with van der Waals surface area (Å²) < 4.78 is 0. The Bertz CT molecular complexity index is 435. The first kappa shape index (κ1) is 16.2. The van der Waals surface area contributed by atoms with Crippen molar-refractivity contribution in [2.75, 3.05) is 6.54 Å². The van der Waals surface area contributed by atoms with Crippen LogP contribution in [0.25, 0.3) is 0 Å². The topological polar surface area (TPSA) is 12.0 Å². The van der Waals surface area contributed by atoms with Crippen molar-refractivity contribution in [1.82, 2.24) is 5.32 Å². The van der Waals surface area contributed by atoms with E-state index in [-0.39, 0.29) is 0 Å². The second kappa shape index (κ2) is 7.72. The quantitative estimate of drug-likeness (QED) is 0.750. The molecule has 2 rings (SSSR count). The van der Waals surface area contributed by atoms with Crippen LogP contribution in [0.15, 0.2) is 23.1 Å². The van der Waals surface area contributed by atoms with Crippen molar-refractivity contribution in [2.24, 2.45) is 5.92 Å². The molecule has 0 aliphatic heterocycles. The van der Waals surface area contributed by atoms with Gasteiger partial charge in [-0.05, 0) is 49.9 Å². The molecule has 0 bridgehead atoms. The Balaban J connectivity index is 2.01. The molecule has 112 valence electrons. The van der Waals surface area contributed by atoms with E-state index in [1.54, 1.807) is 0 Å². The molecule has 1 fully saturated rings. The molecule has 0 saturated heterocycles. The number of halogens is 1. The first-order chi connectivity index (χ1) is 9.60. The van der Waals surface area contributed by atoms with Gasteiger partial charge in [0.15, 0.2) is 0 Å². The molecule has 1 aromatic carbocycles. The van der Waals surface area contributed by atoms with Crippen molar-refractivity contribution in [3.63, 3.8) is 0 Å². The van der Waals surface area contributed by atoms with E-state index < -0.39 is 0 Å². The van der Waals surface area contributed by atoms with Crippen molar-refractivity contribution >= 4 is 23.4 Å². The minimum absolute atomic E-state index is 0.321. The van der Waals surface area contributed by atoms with Gasteiger partial charge in [0.1, 0.15) is 0 Å². The number of hydrogen-bond donors (Lipinski definition) is 1. The highest BCUT2D eigenvalue weighted by Crippen LogP contribution is 2.37. The fourth-order valence-corrected chi connectivity index (χ4v) is 4.86. The van der Waals surface area contributed by atoms with Gasteiger partial charge in [-0.15, -0.1) is 11.8 Å². The Morgan fingerprint density at radius 2 is 2.20 bits per heavy atom. The zero-order valence-electron chi connectivity index (χ0n) is 12.8. The summed E-state index contributed by atoms with van der Waals surface area (Å²) in [5.41, 5.74) is 1.20. The van der Waals surface area contributed by atoms with Crippen molar-refractivity contribution < 1.29 is 0 Å². The van der Waals surface area contributed by atoms with Crippen molar-refractivity contribution in [2.45, 2.75) is 62.6 Å². The third kappa shape index (κ3) is 4.41. The third-order valence-electron chi connectivity index (χ3n) is 4.14. The monoisotopic (exact) mass is 311 g/mol. The number of nitrogens with one attached hydrogen (secondary N) is 1. The number of rotatable bonds is 5. The smallest absolute Gasteiger partial charge is 0.0464 e. The first-order valence-electron chi connectivity index (χ1n) is 7.79. The summed E-state index contributed by atoms with van der Waals surface area (Å²) in [5.74, 6) is 0.879. The second-order valence-electron chi connectivity index (χ2n) is 5.97. The Hall–Kier alpha value is -0.180. The van der Waals surface area contributed by atoms with E-state index in [0.717, 1.165) is 22.7 Å². The fourth-order valence-electron chi connectivity index (χ4n) is 3.03. The van der Waals surface area contributed by atoms with Crippen LogP contribution in [0.1, 0.15) is 58.1 Å². The molecule has 1 aliphatic carbocycles. The fraction of sp³-hybridized carbons (Fsp3) is 0.647. The van der Waals surface area contributed by atoms with Crippen molar-refractivity contribution in [3.8, 4) is 0 Å². The molecule has 3 unspecified atom stereocenters. The summed E-state index contributed by atoms with van der Waals surface area (Å²) in [6.07, 6.45) is 5.47. The molecule has 1 nitrogen and oxygen atoms in total. The van der Waals surface area contributed by atoms with Crippen molar-refractivity contribution in [1.29, 1.82) is 0 Å². The molecule has 0 heterocycles. The standard InChI is InChI=1S/C17H26ClNS/c1-4-19-13(3)16-9-8-15(11-17(16)18)20-14-7-5-6-12(2)10-14/h8-9,11-14,19H,4-7,10H2,1-3H3. The largest absolute Gasteiger partial charge is 0.310 e. The zero-order chi connectivity index (χ0) is 14.5. The molecule has 3 atom stereocenters. The van der Waals surface area contributed by atoms with Gasteiger partial charge in [-0.3, -0.25) is 0 Å². The van der Waals surface area contributed by atoms with Crippen LogP contribution in [0.4, 0.5) is 0 Å². The molecule has 1 saturated carbocycles. The Morgan fingerprint density at radius 1 is 1.40 bits per heavy atom. The van der Waals surface area contributed by atoms with Crippen LogP contribution in [0.3, 0.4) is 0 Å². The lowest BCUT2D eigenvalue weighted by atomic mass is 9.91. The van der Waals surface area contributed by atoms with Crippen LogP contribution in [-0.2, 0) is 0 Å². The normalized spacial score (nSPS) is 24.6. The molecule has 0 amide bonds. The van der Waals surface area contributed by atoms with E-state index in [1.807, 2.05) is 11.8 Å². The summed E-state index contributed by atoms with van der Waals surface area (Å²) in [5, 5.41) is 5.08. The first-order valence-corrected chi connectivity index (χ1v) is 9.05. The van der Waals surface area contributed by atoms with Gasteiger partial charge in [-0.25, -0.2) is 0 Å². The summed E-state index contributed by atoms with van der Waals surface area (Å²) in [7, 11) is 0. The maximum Gasteiger partial charge on any atom is 0.0464 e. The van der Waals surface area contributed by atoms with E-state index in [9.17, 15) is 0 Å². The van der Waals surface area contributed by atoms with Gasteiger partial charge in [0.05, 0.1) is 0 Å². The molecule has 1 aromatic rings. The predicted octanol–water partition coefficient (Wildman–Crippen LogP) is 5.68. The maximum atomic E-state index is 6.45. The predicted molar refractivity (Wildman–Crippen MR) is 90.8 cm³/mol. The van der Waals surface area contributed by atoms with Crippen LogP contribution in [0, 0.1) is 5.92 Å². The van der Waals surface area contributed by atoms with Crippen LogP contribution in [-0.4, -0.2) is 11.8 Å². The van der Waals surface area contributed by atoms with Crippen LogP contribution in [0.5, 0.6) is 0 Å². The summed E-state index contributed by atoms with van der Waals surface area (Å²) in [4.78, 5) is 1.32. The highest BCUT2D eigenvalue weighted by atomic mass is 35.5. The zero-order valence-corrected chi connectivity index (χ0v) is 14.4. The highest BCUT2D eigenvalue weighted by Gasteiger charge is 2.20. The second-order valence-corrected chi connectivity index (χ2v) is 7.76. The van der Waals surface area contributed by atoms with Crippen LogP contribution < -0.4 is 5.32 Å². The van der Waals surface area contributed by atoms with E-state index in [1.165, 1.54) is 36.1 Å². The Kier molecular flexibility index (Phi) is 6.25. The summed E-state index contributed by atoms with van der Waals surface area (Å²) >= 11 is 8.46. The Morgan fingerprint density at radius 3 is 2.85 bits per heavy atom. The average Bonchev–Trinajstić information content (AvgIpc) is 2.39. The molecule has 1 N–H and O–H groups in total. The SMILES string of the molecule is CCNC(C)c1ccc(SC2CCCC(C)C2)cc1Cl. The molecular weight excluding hydrogens is 286 g/mol. The molecule has 0 spiro atoms. The van der Waals surface area contributed by atoms with Gasteiger partial charge in [0, 0.05) is 21.2 Å². The van der Waals surface area contributed by atoms with E-state index in [2.05, 4.69) is 44.3 Å². The molecule has 0 radical (unpaired) electrons. The van der Waals surface area contributed by atoms with Gasteiger partial charge >= 0.3 is 0 Å². The van der Waals surface area contributed by atoms with Crippen LogP contribution >= 0.6 is 23.4 Å². The van der Waals surface area contributed by atoms with Crippen LogP contribution in [0.2, 0.25) is 5.02 Å². The molecule has 3 heteroatoms. The molecule has 0 aromatic heterocycles. The minimum atomic E-state index is 0.321. The number of hydrogen-bond acceptors (Lipinski definition) is 2. The lowest BCUT2D eigenvalue weighted by Gasteiger charge is -2.26. The number of benzene rings is 1. The molecule has 20 heavy (non-hydrogen) atoms. The Labute approximate surface area is 132 Å². The van der Waals surface area contributed by atoms with Gasteiger partial charge in [-0.1, -0.05) is 44.4 Å². The van der Waals surface area contributed by atoms with Gasteiger partial charge in [-0.2, -0.15) is 0 Å². The minimum Gasteiger partial charge on any atom is -0.310 e. The average molecular weight is 312 g/mol. The lowest BCUT2D eigenvalue weighted by molar-refractivity contribution is 0.394. The van der Waals surface area contributed by atoms with E-state index in [4.69, 9.17) is 11.6 Å². The molecular formula is C17H26ClNS. The highest BCUT2D eigenvalue weighted by molar-refractivity contribution is 8.00. The van der Waals surface area contributed by atoms with Crippen molar-refractivity contribution in [3.05, 3.63) is 28.8 Å².